The van der Waals surface area contributed by atoms with Crippen molar-refractivity contribution in [3.05, 3.63) is 58.6 Å². The lowest BCUT2D eigenvalue weighted by Crippen LogP contribution is -2.32. The van der Waals surface area contributed by atoms with E-state index in [2.05, 4.69) is 21.2 Å². The largest absolute Gasteiger partial charge is 0.323 e. The molecule has 0 saturated carbocycles. The Kier molecular flexibility index (Phi) is 5.38. The maximum atomic E-state index is 12.6. The molecule has 0 aliphatic carbocycles. The zero-order valence-electron chi connectivity index (χ0n) is 14.0. The molecule has 6 heteroatoms. The van der Waals surface area contributed by atoms with E-state index in [1.54, 1.807) is 16.8 Å². The van der Waals surface area contributed by atoms with E-state index in [1.165, 1.54) is 0 Å². The van der Waals surface area contributed by atoms with Crippen molar-refractivity contribution in [1.82, 2.24) is 4.90 Å². The van der Waals surface area contributed by atoms with Crippen LogP contribution >= 0.6 is 15.9 Å². The second kappa shape index (κ2) is 7.70. The molecular formula is C19H20BrN3O2. The highest BCUT2D eigenvalue weighted by atomic mass is 79.9. The van der Waals surface area contributed by atoms with Crippen LogP contribution in [0.2, 0.25) is 0 Å². The Morgan fingerprint density at radius 3 is 2.64 bits per heavy atom. The fraction of sp³-hybridized carbons (Fsp3) is 0.263. The SMILES string of the molecule is CN(Cc1ccccc1Br)C(=O)Nc1ccccc1N1CCCC1=O. The molecule has 1 N–H and O–H groups in total. The number of hydrogen-bond donors (Lipinski definition) is 1. The summed E-state index contributed by atoms with van der Waals surface area (Å²) < 4.78 is 0.970. The van der Waals surface area contributed by atoms with Crippen molar-refractivity contribution in [2.45, 2.75) is 19.4 Å². The Bertz CT molecular complexity index is 794. The van der Waals surface area contributed by atoms with Gasteiger partial charge in [0.2, 0.25) is 5.91 Å². The van der Waals surface area contributed by atoms with E-state index < -0.39 is 0 Å². The first-order chi connectivity index (χ1) is 12.1. The zero-order valence-corrected chi connectivity index (χ0v) is 15.6. The Labute approximate surface area is 155 Å². The highest BCUT2D eigenvalue weighted by Gasteiger charge is 2.24. The third kappa shape index (κ3) is 4.02. The molecule has 1 heterocycles. The number of rotatable bonds is 4. The number of hydrogen-bond acceptors (Lipinski definition) is 2. The monoisotopic (exact) mass is 401 g/mol. The molecule has 0 aromatic heterocycles. The fourth-order valence-electron chi connectivity index (χ4n) is 2.88. The lowest BCUT2D eigenvalue weighted by Gasteiger charge is -2.23. The molecule has 0 spiro atoms. The minimum Gasteiger partial charge on any atom is -0.323 e. The van der Waals surface area contributed by atoms with Crippen LogP contribution in [0.4, 0.5) is 16.2 Å². The number of halogens is 1. The van der Waals surface area contributed by atoms with Gasteiger partial charge in [0.25, 0.3) is 0 Å². The number of nitrogens with one attached hydrogen (secondary N) is 1. The molecule has 0 radical (unpaired) electrons. The van der Waals surface area contributed by atoms with Crippen LogP contribution in [0.15, 0.2) is 53.0 Å². The molecule has 3 rings (SSSR count). The van der Waals surface area contributed by atoms with E-state index >= 15 is 0 Å². The molecule has 1 fully saturated rings. The molecule has 0 atom stereocenters. The Hall–Kier alpha value is -2.34. The Morgan fingerprint density at radius 2 is 1.92 bits per heavy atom. The van der Waals surface area contributed by atoms with Gasteiger partial charge in [0.15, 0.2) is 0 Å². The van der Waals surface area contributed by atoms with Crippen LogP contribution in [0.25, 0.3) is 0 Å². The van der Waals surface area contributed by atoms with Crippen LogP contribution in [-0.2, 0) is 11.3 Å². The van der Waals surface area contributed by atoms with Crippen LogP contribution < -0.4 is 10.2 Å². The number of benzene rings is 2. The number of anilines is 2. The quantitative estimate of drug-likeness (QED) is 0.832. The predicted molar refractivity (Wildman–Crippen MR) is 103 cm³/mol. The van der Waals surface area contributed by atoms with Crippen molar-refractivity contribution in [3.8, 4) is 0 Å². The standard InChI is InChI=1S/C19H20BrN3O2/c1-22(13-14-7-2-3-8-15(14)20)19(25)21-16-9-4-5-10-17(16)23-12-6-11-18(23)24/h2-5,7-10H,6,11-13H2,1H3,(H,21,25). The molecule has 2 aromatic rings. The predicted octanol–water partition coefficient (Wildman–Crippen LogP) is 4.24. The zero-order chi connectivity index (χ0) is 17.8. The summed E-state index contributed by atoms with van der Waals surface area (Å²) in [5, 5.41) is 2.93. The molecule has 2 aromatic carbocycles. The summed E-state index contributed by atoms with van der Waals surface area (Å²) in [5.41, 5.74) is 2.44. The van der Waals surface area contributed by atoms with Gasteiger partial charge in [-0.05, 0) is 30.2 Å². The van der Waals surface area contributed by atoms with Crippen molar-refractivity contribution in [1.29, 1.82) is 0 Å². The number of nitrogens with zero attached hydrogens (tertiary/aromatic N) is 2. The minimum absolute atomic E-state index is 0.100. The number of carbonyl (C=O) groups is 2. The number of para-hydroxylation sites is 2. The normalized spacial score (nSPS) is 13.8. The van der Waals surface area contributed by atoms with Crippen molar-refractivity contribution in [3.63, 3.8) is 0 Å². The van der Waals surface area contributed by atoms with Gasteiger partial charge >= 0.3 is 6.03 Å². The summed E-state index contributed by atoms with van der Waals surface area (Å²) in [7, 11) is 1.75. The van der Waals surface area contributed by atoms with E-state index in [0.29, 0.717) is 25.2 Å². The fourth-order valence-corrected chi connectivity index (χ4v) is 3.29. The van der Waals surface area contributed by atoms with E-state index in [4.69, 9.17) is 0 Å². The average molecular weight is 402 g/mol. The van der Waals surface area contributed by atoms with E-state index in [1.807, 2.05) is 48.5 Å². The number of urea groups is 1. The molecule has 130 valence electrons. The maximum Gasteiger partial charge on any atom is 0.321 e. The number of amides is 3. The summed E-state index contributed by atoms with van der Waals surface area (Å²) in [4.78, 5) is 27.9. The van der Waals surface area contributed by atoms with Gasteiger partial charge in [0.05, 0.1) is 11.4 Å². The summed E-state index contributed by atoms with van der Waals surface area (Å²) in [6, 6.07) is 15.0. The van der Waals surface area contributed by atoms with Gasteiger partial charge in [-0.15, -0.1) is 0 Å². The third-order valence-electron chi connectivity index (χ3n) is 4.22. The molecule has 3 amide bonds. The van der Waals surface area contributed by atoms with Crippen LogP contribution in [0, 0.1) is 0 Å². The van der Waals surface area contributed by atoms with Gasteiger partial charge in [-0.2, -0.15) is 0 Å². The van der Waals surface area contributed by atoms with Crippen molar-refractivity contribution >= 4 is 39.2 Å². The minimum atomic E-state index is -0.213. The van der Waals surface area contributed by atoms with Gasteiger partial charge in [-0.1, -0.05) is 46.3 Å². The second-order valence-electron chi connectivity index (χ2n) is 6.04. The molecule has 1 aliphatic heterocycles. The Morgan fingerprint density at radius 1 is 1.20 bits per heavy atom. The maximum absolute atomic E-state index is 12.6. The molecule has 25 heavy (non-hydrogen) atoms. The van der Waals surface area contributed by atoms with E-state index in [9.17, 15) is 9.59 Å². The van der Waals surface area contributed by atoms with Crippen LogP contribution in [0.3, 0.4) is 0 Å². The summed E-state index contributed by atoms with van der Waals surface area (Å²) >= 11 is 3.50. The lowest BCUT2D eigenvalue weighted by atomic mass is 10.2. The smallest absolute Gasteiger partial charge is 0.321 e. The van der Waals surface area contributed by atoms with Crippen LogP contribution in [-0.4, -0.2) is 30.4 Å². The van der Waals surface area contributed by atoms with Crippen molar-refractivity contribution in [2.75, 3.05) is 23.8 Å². The lowest BCUT2D eigenvalue weighted by molar-refractivity contribution is -0.117. The first-order valence-corrected chi connectivity index (χ1v) is 9.00. The second-order valence-corrected chi connectivity index (χ2v) is 6.90. The highest BCUT2D eigenvalue weighted by Crippen LogP contribution is 2.29. The highest BCUT2D eigenvalue weighted by molar-refractivity contribution is 9.10. The number of carbonyl (C=O) groups excluding carboxylic acids is 2. The van der Waals surface area contributed by atoms with Gasteiger partial charge in [0.1, 0.15) is 0 Å². The molecule has 0 unspecified atom stereocenters. The van der Waals surface area contributed by atoms with E-state index in [-0.39, 0.29) is 11.9 Å². The van der Waals surface area contributed by atoms with Gasteiger partial charge in [-0.25, -0.2) is 4.79 Å². The van der Waals surface area contributed by atoms with E-state index in [0.717, 1.165) is 22.1 Å². The average Bonchev–Trinajstić information content (AvgIpc) is 3.03. The molecule has 1 aliphatic rings. The third-order valence-corrected chi connectivity index (χ3v) is 5.00. The topological polar surface area (TPSA) is 52.7 Å². The van der Waals surface area contributed by atoms with Gasteiger partial charge in [0, 0.05) is 31.0 Å². The van der Waals surface area contributed by atoms with Crippen LogP contribution in [0.5, 0.6) is 0 Å². The Balaban J connectivity index is 1.73. The molecule has 1 saturated heterocycles. The van der Waals surface area contributed by atoms with Crippen molar-refractivity contribution in [2.24, 2.45) is 0 Å². The molecule has 0 bridgehead atoms. The van der Waals surface area contributed by atoms with Gasteiger partial charge in [-0.3, -0.25) is 4.79 Å². The summed E-state index contributed by atoms with van der Waals surface area (Å²) in [6.07, 6.45) is 1.41. The summed E-state index contributed by atoms with van der Waals surface area (Å²) in [6.45, 7) is 1.18. The van der Waals surface area contributed by atoms with Crippen LogP contribution in [0.1, 0.15) is 18.4 Å². The first-order valence-electron chi connectivity index (χ1n) is 8.21. The summed E-state index contributed by atoms with van der Waals surface area (Å²) in [5.74, 6) is 0.100. The van der Waals surface area contributed by atoms with Gasteiger partial charge < -0.3 is 15.1 Å². The van der Waals surface area contributed by atoms with Crippen molar-refractivity contribution < 1.29 is 9.59 Å². The molecule has 5 nitrogen and oxygen atoms in total. The first kappa shape index (κ1) is 17.5. The molecular weight excluding hydrogens is 382 g/mol.